The number of nitrogens with zero attached hydrogens (tertiary/aromatic N) is 3. The van der Waals surface area contributed by atoms with Gasteiger partial charge in [0.1, 0.15) is 23.4 Å². The van der Waals surface area contributed by atoms with Crippen LogP contribution >= 0.6 is 0 Å². The highest BCUT2D eigenvalue weighted by molar-refractivity contribution is 5.77. The van der Waals surface area contributed by atoms with Crippen molar-refractivity contribution in [3.8, 4) is 5.75 Å². The molecular formula is C24H28N6O2. The number of hydrogen-bond acceptors (Lipinski definition) is 4. The van der Waals surface area contributed by atoms with Crippen LogP contribution in [0.4, 0.5) is 4.79 Å². The highest BCUT2D eigenvalue weighted by atomic mass is 16.5. The lowest BCUT2D eigenvalue weighted by atomic mass is 10.0. The summed E-state index contributed by atoms with van der Waals surface area (Å²) in [5.41, 5.74) is 2.63. The van der Waals surface area contributed by atoms with Crippen LogP contribution in [0.5, 0.6) is 5.75 Å². The van der Waals surface area contributed by atoms with Crippen molar-refractivity contribution in [2.75, 3.05) is 7.11 Å². The lowest BCUT2D eigenvalue weighted by Crippen LogP contribution is -2.42. The highest BCUT2D eigenvalue weighted by Gasteiger charge is 2.27. The topological polar surface area (TPSA) is 96.9 Å². The molecule has 0 aliphatic rings. The van der Waals surface area contributed by atoms with Gasteiger partial charge in [0.15, 0.2) is 0 Å². The second-order valence-corrected chi connectivity index (χ2v) is 8.05. The molecular weight excluding hydrogens is 404 g/mol. The molecule has 0 saturated carbocycles. The minimum absolute atomic E-state index is 0.124. The number of imidazole rings is 2. The van der Waals surface area contributed by atoms with E-state index in [9.17, 15) is 4.79 Å². The number of carbonyl (C=O) groups excluding carboxylic acids is 1. The van der Waals surface area contributed by atoms with Crippen LogP contribution in [-0.4, -0.2) is 32.7 Å². The Balaban J connectivity index is 1.61. The number of methoxy groups -OCH3 is 1. The molecule has 4 aromatic rings. The van der Waals surface area contributed by atoms with Crippen molar-refractivity contribution in [2.24, 2.45) is 13.0 Å². The average Bonchev–Trinajstić information content (AvgIpc) is 3.41. The molecule has 2 heterocycles. The maximum Gasteiger partial charge on any atom is 0.316 e. The molecule has 8 nitrogen and oxygen atoms in total. The summed E-state index contributed by atoms with van der Waals surface area (Å²) in [4.78, 5) is 25.7. The van der Waals surface area contributed by atoms with Crippen molar-refractivity contribution in [1.29, 1.82) is 0 Å². The van der Waals surface area contributed by atoms with Gasteiger partial charge < -0.3 is 24.9 Å². The molecule has 32 heavy (non-hydrogen) atoms. The largest absolute Gasteiger partial charge is 0.496 e. The molecule has 0 aliphatic heterocycles. The molecule has 0 saturated heterocycles. The van der Waals surface area contributed by atoms with E-state index in [1.807, 2.05) is 66.3 Å². The Bertz CT molecular complexity index is 1180. The molecule has 2 aromatic heterocycles. The molecule has 0 fully saturated rings. The van der Waals surface area contributed by atoms with Gasteiger partial charge in [0.05, 0.1) is 24.2 Å². The highest BCUT2D eigenvalue weighted by Crippen LogP contribution is 2.29. The number of aromatic nitrogens is 4. The summed E-state index contributed by atoms with van der Waals surface area (Å²) in [5, 5.41) is 6.18. The average molecular weight is 433 g/mol. The van der Waals surface area contributed by atoms with Gasteiger partial charge in [-0.1, -0.05) is 44.2 Å². The minimum Gasteiger partial charge on any atom is -0.496 e. The standard InChI is InChI=1S/C24H28N6O2/c1-15(2)20(22-26-17-10-6-7-11-18(17)27-22)28-24(31)29-21(23-25-13-14-30(23)3)16-9-5-8-12-19(16)32-4/h5-15,20-21H,1-4H3,(H,26,27)(H2,28,29,31). The summed E-state index contributed by atoms with van der Waals surface area (Å²) in [6.45, 7) is 4.10. The zero-order valence-corrected chi connectivity index (χ0v) is 18.7. The predicted molar refractivity (Wildman–Crippen MR) is 123 cm³/mol. The van der Waals surface area contributed by atoms with E-state index >= 15 is 0 Å². The normalized spacial score (nSPS) is 13.2. The van der Waals surface area contributed by atoms with E-state index in [1.165, 1.54) is 0 Å². The molecule has 0 aliphatic carbocycles. The molecule has 0 radical (unpaired) electrons. The number of urea groups is 1. The van der Waals surface area contributed by atoms with Crippen molar-refractivity contribution >= 4 is 17.1 Å². The van der Waals surface area contributed by atoms with Crippen LogP contribution in [0, 0.1) is 5.92 Å². The fourth-order valence-electron chi connectivity index (χ4n) is 3.83. The third-order valence-electron chi connectivity index (χ3n) is 5.50. The van der Waals surface area contributed by atoms with Crippen LogP contribution in [0.2, 0.25) is 0 Å². The molecule has 2 atom stereocenters. The number of hydrogen-bond donors (Lipinski definition) is 3. The van der Waals surface area contributed by atoms with Crippen molar-refractivity contribution in [1.82, 2.24) is 30.2 Å². The fourth-order valence-corrected chi connectivity index (χ4v) is 3.83. The van der Waals surface area contributed by atoms with Crippen molar-refractivity contribution in [2.45, 2.75) is 25.9 Å². The van der Waals surface area contributed by atoms with E-state index in [0.717, 1.165) is 22.4 Å². The van der Waals surface area contributed by atoms with E-state index < -0.39 is 6.04 Å². The molecule has 2 unspecified atom stereocenters. The Morgan fingerprint density at radius 2 is 1.84 bits per heavy atom. The first kappa shape index (κ1) is 21.4. The number of aromatic amines is 1. The Morgan fingerprint density at radius 3 is 2.53 bits per heavy atom. The lowest BCUT2D eigenvalue weighted by Gasteiger charge is -2.25. The first-order valence-corrected chi connectivity index (χ1v) is 10.6. The zero-order chi connectivity index (χ0) is 22.7. The third kappa shape index (κ3) is 4.30. The Hall–Kier alpha value is -3.81. The van der Waals surface area contributed by atoms with Gasteiger partial charge in [-0.05, 0) is 24.1 Å². The van der Waals surface area contributed by atoms with Crippen LogP contribution in [0.25, 0.3) is 11.0 Å². The van der Waals surface area contributed by atoms with Crippen LogP contribution < -0.4 is 15.4 Å². The minimum atomic E-state index is -0.491. The van der Waals surface area contributed by atoms with Gasteiger partial charge >= 0.3 is 6.03 Å². The number of para-hydroxylation sites is 3. The zero-order valence-electron chi connectivity index (χ0n) is 18.7. The molecule has 0 bridgehead atoms. The van der Waals surface area contributed by atoms with Crippen LogP contribution in [0.3, 0.4) is 0 Å². The predicted octanol–water partition coefficient (Wildman–Crippen LogP) is 4.09. The first-order chi connectivity index (χ1) is 15.5. The Labute approximate surface area is 187 Å². The molecule has 0 spiro atoms. The van der Waals surface area contributed by atoms with Crippen LogP contribution in [-0.2, 0) is 7.05 Å². The summed E-state index contributed by atoms with van der Waals surface area (Å²) >= 11 is 0. The van der Waals surface area contributed by atoms with Gasteiger partial charge in [-0.25, -0.2) is 14.8 Å². The molecule has 8 heteroatoms. The number of nitrogens with one attached hydrogen (secondary N) is 3. The number of H-pyrrole nitrogens is 1. The summed E-state index contributed by atoms with van der Waals surface area (Å²) in [6, 6.07) is 14.3. The van der Waals surface area contributed by atoms with E-state index in [1.54, 1.807) is 13.3 Å². The maximum atomic E-state index is 13.2. The summed E-state index contributed by atoms with van der Waals surface area (Å²) in [6.07, 6.45) is 3.56. The quantitative estimate of drug-likeness (QED) is 0.410. The van der Waals surface area contributed by atoms with Gasteiger partial charge in [-0.3, -0.25) is 0 Å². The van der Waals surface area contributed by atoms with Gasteiger partial charge in [0.25, 0.3) is 0 Å². The second kappa shape index (κ2) is 9.13. The van der Waals surface area contributed by atoms with E-state index in [0.29, 0.717) is 11.6 Å². The Morgan fingerprint density at radius 1 is 1.09 bits per heavy atom. The van der Waals surface area contributed by atoms with Crippen molar-refractivity contribution in [3.63, 3.8) is 0 Å². The number of amides is 2. The number of rotatable bonds is 7. The van der Waals surface area contributed by atoms with Crippen LogP contribution in [0.15, 0.2) is 60.9 Å². The van der Waals surface area contributed by atoms with Gasteiger partial charge in [0, 0.05) is 25.0 Å². The summed E-state index contributed by atoms with van der Waals surface area (Å²) < 4.78 is 7.43. The number of fused-ring (bicyclic) bond motifs is 1. The molecule has 166 valence electrons. The number of aryl methyl sites for hydroxylation is 1. The molecule has 3 N–H and O–H groups in total. The van der Waals surface area contributed by atoms with Crippen molar-refractivity contribution < 1.29 is 9.53 Å². The van der Waals surface area contributed by atoms with E-state index in [2.05, 4.69) is 39.4 Å². The number of carbonyl (C=O) groups is 1. The Kier molecular flexibility index (Phi) is 6.11. The number of benzene rings is 2. The van der Waals surface area contributed by atoms with Crippen LogP contribution in [0.1, 0.15) is 43.1 Å². The van der Waals surface area contributed by atoms with Gasteiger partial charge in [0.2, 0.25) is 0 Å². The molecule has 2 amide bonds. The summed E-state index contributed by atoms with van der Waals surface area (Å²) in [7, 11) is 3.51. The van der Waals surface area contributed by atoms with Gasteiger partial charge in [-0.2, -0.15) is 0 Å². The van der Waals surface area contributed by atoms with E-state index in [4.69, 9.17) is 4.74 Å². The molecule has 2 aromatic carbocycles. The smallest absolute Gasteiger partial charge is 0.316 e. The van der Waals surface area contributed by atoms with Crippen molar-refractivity contribution in [3.05, 3.63) is 78.1 Å². The lowest BCUT2D eigenvalue weighted by molar-refractivity contribution is 0.229. The molecule has 4 rings (SSSR count). The maximum absolute atomic E-state index is 13.2. The summed E-state index contributed by atoms with van der Waals surface area (Å²) in [5.74, 6) is 2.23. The third-order valence-corrected chi connectivity index (χ3v) is 5.50. The SMILES string of the molecule is COc1ccccc1C(NC(=O)NC(c1nc2ccccc2[nH]1)C(C)C)c1nccn1C. The number of ether oxygens (including phenoxy) is 1. The second-order valence-electron chi connectivity index (χ2n) is 8.05. The first-order valence-electron chi connectivity index (χ1n) is 10.6. The fraction of sp³-hybridized carbons (Fsp3) is 0.292. The van der Waals surface area contributed by atoms with E-state index in [-0.39, 0.29) is 18.0 Å². The van der Waals surface area contributed by atoms with Gasteiger partial charge in [-0.15, -0.1) is 0 Å². The monoisotopic (exact) mass is 432 g/mol.